The number of benzene rings is 2. The van der Waals surface area contributed by atoms with Gasteiger partial charge in [0, 0.05) is 23.3 Å². The Morgan fingerprint density at radius 2 is 0.915 bits per heavy atom. The highest BCUT2D eigenvalue weighted by Gasteiger charge is 2.84. The summed E-state index contributed by atoms with van der Waals surface area (Å²) in [7, 11) is -8.13. The van der Waals surface area contributed by atoms with Gasteiger partial charge in [-0.05, 0) is 49.9 Å². The van der Waals surface area contributed by atoms with Gasteiger partial charge in [-0.25, -0.2) is 9.66 Å². The van der Waals surface area contributed by atoms with E-state index < -0.39 is 76.0 Å². The van der Waals surface area contributed by atoms with E-state index in [1.54, 1.807) is 64.1 Å². The number of ether oxygens (including phenoxy) is 1. The summed E-state index contributed by atoms with van der Waals surface area (Å²) in [5, 5.41) is 7.83. The van der Waals surface area contributed by atoms with Crippen molar-refractivity contribution >= 4 is 55.6 Å². The van der Waals surface area contributed by atoms with E-state index in [4.69, 9.17) is 4.74 Å². The van der Waals surface area contributed by atoms with Gasteiger partial charge >= 0.3 is 0 Å². The Morgan fingerprint density at radius 3 is 1.26 bits per heavy atom. The van der Waals surface area contributed by atoms with Crippen molar-refractivity contribution in [3.63, 3.8) is 0 Å². The molecule has 0 aromatic heterocycles. The van der Waals surface area contributed by atoms with Crippen LogP contribution < -0.4 is 9.66 Å². The number of nitrogens with one attached hydrogen (secondary N) is 2. The first-order chi connectivity index (χ1) is 21.9. The van der Waals surface area contributed by atoms with Crippen LogP contribution in [0.25, 0.3) is 0 Å². The Bertz CT molecular complexity index is 1850. The van der Waals surface area contributed by atoms with Crippen LogP contribution in [0.1, 0.15) is 53.4 Å². The predicted octanol–water partition coefficient (Wildman–Crippen LogP) is 2.33. The second kappa shape index (κ2) is 10.2. The van der Waals surface area contributed by atoms with Crippen molar-refractivity contribution in [1.29, 1.82) is 0 Å². The van der Waals surface area contributed by atoms with Crippen LogP contribution in [0.4, 0.5) is 0 Å². The zero-order valence-electron chi connectivity index (χ0n) is 26.1. The number of carbonyl (C=O) groups excluding carboxylic acids is 4. The number of nitrogens with zero attached hydrogens (tertiary/aromatic N) is 2. The van der Waals surface area contributed by atoms with Gasteiger partial charge in [0.05, 0.1) is 20.6 Å². The van der Waals surface area contributed by atoms with Crippen molar-refractivity contribution in [2.45, 2.75) is 74.4 Å². The van der Waals surface area contributed by atoms with Crippen molar-refractivity contribution in [3.8, 4) is 0 Å². The Balaban J connectivity index is 1.31. The van der Waals surface area contributed by atoms with E-state index in [0.717, 1.165) is 12.4 Å². The van der Waals surface area contributed by atoms with Gasteiger partial charge in [-0.2, -0.15) is 27.0 Å². The van der Waals surface area contributed by atoms with Crippen LogP contribution in [0, 0.1) is 21.7 Å². The second-order valence-corrected chi connectivity index (χ2v) is 16.9. The fourth-order valence-electron chi connectivity index (χ4n) is 8.11. The summed E-state index contributed by atoms with van der Waals surface area (Å²) in [6, 6.07) is 15.0. The average molecular weight is 683 g/mol. The summed E-state index contributed by atoms with van der Waals surface area (Å²) in [5.74, 6) is -3.43. The number of hydrazone groups is 2. The minimum atomic E-state index is -4.06. The summed E-state index contributed by atoms with van der Waals surface area (Å²) >= 11 is 0. The maximum atomic E-state index is 13.9. The minimum Gasteiger partial charge on any atom is -0.351 e. The number of hydrogen-bond donors (Lipinski definition) is 2. The maximum absolute atomic E-state index is 13.9. The molecule has 4 aliphatic rings. The van der Waals surface area contributed by atoms with E-state index in [-0.39, 0.29) is 35.5 Å². The Kier molecular flexibility index (Phi) is 7.13. The molecular formula is C32H34N4O9S2. The van der Waals surface area contributed by atoms with Gasteiger partial charge in [-0.3, -0.25) is 19.2 Å². The van der Waals surface area contributed by atoms with Gasteiger partial charge in [0.2, 0.25) is 23.1 Å². The smallest absolute Gasteiger partial charge is 0.276 e. The lowest BCUT2D eigenvalue weighted by atomic mass is 9.67. The molecule has 0 aliphatic heterocycles. The number of hydrogen-bond acceptors (Lipinski definition) is 11. The molecule has 4 aliphatic carbocycles. The standard InChI is InChI=1S/C32H34N4O9S2/c1-27(2)29(19-33-35-46(41,42)21-11-7-5-8-12-21)15-17-31(27,25(39)23(29)37)45-32-18-16-30(28(32,3)4,24(38)26(32)40)20-34-36-47(43,44)22-13-9-6-10-14-22/h5-14,19-20,35-36H,15-18H2,1-4H3. The Hall–Kier alpha value is -4.08. The lowest BCUT2D eigenvalue weighted by Gasteiger charge is -2.46. The molecule has 0 spiro atoms. The molecule has 4 bridgehead atoms. The van der Waals surface area contributed by atoms with E-state index in [2.05, 4.69) is 19.9 Å². The topological polar surface area (TPSA) is 195 Å². The maximum Gasteiger partial charge on any atom is 0.276 e. The number of sulfonamides is 2. The average Bonchev–Trinajstić information content (AvgIpc) is 3.48. The van der Waals surface area contributed by atoms with Gasteiger partial charge in [0.1, 0.15) is 11.2 Å². The summed E-state index contributed by atoms with van der Waals surface area (Å²) in [6.45, 7) is 6.53. The van der Waals surface area contributed by atoms with Crippen molar-refractivity contribution in [2.24, 2.45) is 31.9 Å². The van der Waals surface area contributed by atoms with Crippen LogP contribution in [0.15, 0.2) is 80.7 Å². The van der Waals surface area contributed by atoms with Gasteiger partial charge in [-0.15, -0.1) is 0 Å². The SMILES string of the molecule is CC1(C)C2(C=NNS(=O)(=O)c3ccccc3)CCC1(OC13CCC(C=NNS(=O)(=O)c4ccccc4)(C(=O)C1=O)C3(C)C)C(=O)C2=O. The quantitative estimate of drug-likeness (QED) is 0.215. The Labute approximate surface area is 272 Å². The normalized spacial score (nSPS) is 32.6. The van der Waals surface area contributed by atoms with E-state index in [1.807, 2.05) is 0 Å². The summed E-state index contributed by atoms with van der Waals surface area (Å²) < 4.78 is 57.7. The zero-order chi connectivity index (χ0) is 34.3. The molecule has 0 amide bonds. The van der Waals surface area contributed by atoms with Gasteiger partial charge < -0.3 is 4.74 Å². The van der Waals surface area contributed by atoms with Crippen LogP contribution in [-0.4, -0.2) is 63.6 Å². The lowest BCUT2D eigenvalue weighted by molar-refractivity contribution is -0.210. The molecule has 248 valence electrons. The molecule has 2 N–H and O–H groups in total. The minimum absolute atomic E-state index is 0.0132. The van der Waals surface area contributed by atoms with Crippen molar-refractivity contribution < 1.29 is 40.8 Å². The molecule has 0 saturated heterocycles. The van der Waals surface area contributed by atoms with Gasteiger partial charge in [0.25, 0.3) is 20.0 Å². The third-order valence-electron chi connectivity index (χ3n) is 11.3. The number of fused-ring (bicyclic) bond motifs is 4. The second-order valence-electron chi connectivity index (χ2n) is 13.6. The third kappa shape index (κ3) is 4.08. The molecule has 4 unspecified atom stereocenters. The van der Waals surface area contributed by atoms with Crippen LogP contribution >= 0.6 is 0 Å². The molecule has 2 aromatic rings. The number of rotatable bonds is 10. The molecule has 6 rings (SSSR count). The first-order valence-electron chi connectivity index (χ1n) is 15.0. The van der Waals surface area contributed by atoms with Crippen LogP contribution in [0.3, 0.4) is 0 Å². The van der Waals surface area contributed by atoms with E-state index >= 15 is 0 Å². The molecule has 2 aromatic carbocycles. The molecule has 0 heterocycles. The molecule has 4 saturated carbocycles. The summed E-state index contributed by atoms with van der Waals surface area (Å²) in [4.78, 5) is 59.3. The van der Waals surface area contributed by atoms with Crippen LogP contribution in [-0.2, 0) is 44.0 Å². The molecule has 0 radical (unpaired) electrons. The number of ketones is 4. The van der Waals surface area contributed by atoms with Crippen molar-refractivity contribution in [3.05, 3.63) is 60.7 Å². The lowest BCUT2D eigenvalue weighted by Crippen LogP contribution is -2.59. The summed E-state index contributed by atoms with van der Waals surface area (Å²) in [6.07, 6.45) is 2.46. The van der Waals surface area contributed by atoms with Gasteiger partial charge in [0.15, 0.2) is 0 Å². The zero-order valence-corrected chi connectivity index (χ0v) is 27.8. The molecule has 13 nitrogen and oxygen atoms in total. The van der Waals surface area contributed by atoms with E-state index in [1.165, 1.54) is 24.3 Å². The first-order valence-corrected chi connectivity index (χ1v) is 18.0. The highest BCUT2D eigenvalue weighted by atomic mass is 32.2. The van der Waals surface area contributed by atoms with Crippen LogP contribution in [0.2, 0.25) is 0 Å². The molecular weight excluding hydrogens is 649 g/mol. The molecule has 15 heteroatoms. The highest BCUT2D eigenvalue weighted by molar-refractivity contribution is 7.89. The number of carbonyl (C=O) groups is 4. The third-order valence-corrected chi connectivity index (χ3v) is 13.8. The van der Waals surface area contributed by atoms with Crippen LogP contribution in [0.5, 0.6) is 0 Å². The molecule has 47 heavy (non-hydrogen) atoms. The van der Waals surface area contributed by atoms with E-state index in [9.17, 15) is 36.0 Å². The first kappa shape index (κ1) is 32.8. The van der Waals surface area contributed by atoms with Crippen molar-refractivity contribution in [1.82, 2.24) is 9.66 Å². The Morgan fingerprint density at radius 1 is 0.574 bits per heavy atom. The largest absolute Gasteiger partial charge is 0.351 e. The summed E-state index contributed by atoms with van der Waals surface area (Å²) in [5.41, 5.74) is -9.37. The number of Topliss-reactive ketones (excluding diaryl/α,β-unsaturated/α-hetero) is 4. The van der Waals surface area contributed by atoms with Crippen molar-refractivity contribution in [2.75, 3.05) is 0 Å². The molecule has 4 atom stereocenters. The monoisotopic (exact) mass is 682 g/mol. The highest BCUT2D eigenvalue weighted by Crippen LogP contribution is 2.71. The predicted molar refractivity (Wildman–Crippen MR) is 168 cm³/mol. The van der Waals surface area contributed by atoms with Gasteiger partial charge in [-0.1, -0.05) is 64.1 Å². The molecule has 4 fully saturated rings. The fourth-order valence-corrected chi connectivity index (χ4v) is 9.74. The van der Waals surface area contributed by atoms with E-state index in [0.29, 0.717) is 0 Å². The fraction of sp³-hybridized carbons (Fsp3) is 0.438.